The van der Waals surface area contributed by atoms with Gasteiger partial charge < -0.3 is 10.4 Å². The van der Waals surface area contributed by atoms with Gasteiger partial charge in [0.15, 0.2) is 5.69 Å². The van der Waals surface area contributed by atoms with E-state index >= 15 is 0 Å². The molecule has 0 aliphatic rings. The number of carboxylic acids is 1. The van der Waals surface area contributed by atoms with E-state index in [0.717, 1.165) is 17.7 Å². The number of pyridine rings is 2. The lowest BCUT2D eigenvalue weighted by Crippen LogP contribution is -2.08. The minimum Gasteiger partial charge on any atom is -0.476 e. The molecule has 0 atom stereocenters. The summed E-state index contributed by atoms with van der Waals surface area (Å²) in [5.41, 5.74) is 1.91. The van der Waals surface area contributed by atoms with Crippen molar-refractivity contribution in [1.82, 2.24) is 9.97 Å². The first-order valence-corrected chi connectivity index (χ1v) is 6.56. The zero-order valence-electron chi connectivity index (χ0n) is 10.9. The second-order valence-corrected chi connectivity index (χ2v) is 4.56. The molecule has 2 heterocycles. The Balaban J connectivity index is 2.15. The first-order chi connectivity index (χ1) is 9.61. The third-order valence-electron chi connectivity index (χ3n) is 2.85. The van der Waals surface area contributed by atoms with Crippen LogP contribution in [0.2, 0.25) is 5.02 Å². The Labute approximate surface area is 121 Å². The fraction of sp³-hybridized carbons (Fsp3) is 0.214. The number of nitrogens with one attached hydrogen (secondary N) is 1. The molecular formula is C14H14ClN3O2. The summed E-state index contributed by atoms with van der Waals surface area (Å²) in [6.45, 7) is 2.54. The number of nitrogens with zero attached hydrogens (tertiary/aromatic N) is 2. The van der Waals surface area contributed by atoms with Crippen molar-refractivity contribution in [2.75, 3.05) is 5.32 Å². The first-order valence-electron chi connectivity index (χ1n) is 6.18. The van der Waals surface area contributed by atoms with Gasteiger partial charge in [-0.15, -0.1) is 0 Å². The molecule has 0 saturated heterocycles. The molecule has 0 bridgehead atoms. The van der Waals surface area contributed by atoms with Crippen LogP contribution in [0.3, 0.4) is 0 Å². The number of hydrogen-bond donors (Lipinski definition) is 2. The third-order valence-corrected chi connectivity index (χ3v) is 3.16. The Bertz CT molecular complexity index is 632. The van der Waals surface area contributed by atoms with Crippen LogP contribution >= 0.6 is 11.6 Å². The van der Waals surface area contributed by atoms with Crippen LogP contribution in [0.25, 0.3) is 0 Å². The highest BCUT2D eigenvalue weighted by Gasteiger charge is 2.11. The first kappa shape index (κ1) is 14.3. The molecule has 2 aromatic heterocycles. The van der Waals surface area contributed by atoms with Gasteiger partial charge in [-0.05, 0) is 30.2 Å². The van der Waals surface area contributed by atoms with E-state index in [1.54, 1.807) is 12.3 Å². The van der Waals surface area contributed by atoms with Crippen LogP contribution in [-0.4, -0.2) is 21.0 Å². The van der Waals surface area contributed by atoms with Gasteiger partial charge in [-0.25, -0.2) is 9.78 Å². The summed E-state index contributed by atoms with van der Waals surface area (Å²) >= 11 is 5.77. The van der Waals surface area contributed by atoms with E-state index in [4.69, 9.17) is 16.7 Å². The van der Waals surface area contributed by atoms with Gasteiger partial charge in [0.2, 0.25) is 0 Å². The van der Waals surface area contributed by atoms with Crippen LogP contribution in [0.5, 0.6) is 0 Å². The highest BCUT2D eigenvalue weighted by molar-refractivity contribution is 6.33. The number of hydrogen-bond acceptors (Lipinski definition) is 4. The van der Waals surface area contributed by atoms with Gasteiger partial charge in [0, 0.05) is 6.20 Å². The van der Waals surface area contributed by atoms with Crippen LogP contribution in [-0.2, 0) is 13.0 Å². The van der Waals surface area contributed by atoms with Gasteiger partial charge >= 0.3 is 5.97 Å². The summed E-state index contributed by atoms with van der Waals surface area (Å²) in [7, 11) is 0. The molecule has 6 heteroatoms. The van der Waals surface area contributed by atoms with Crippen LogP contribution in [0.4, 0.5) is 5.82 Å². The lowest BCUT2D eigenvalue weighted by atomic mass is 10.1. The molecule has 0 amide bonds. The van der Waals surface area contributed by atoms with Crippen molar-refractivity contribution in [3.63, 3.8) is 0 Å². The second kappa shape index (κ2) is 6.34. The van der Waals surface area contributed by atoms with Gasteiger partial charge in [0.1, 0.15) is 5.82 Å². The maximum Gasteiger partial charge on any atom is 0.356 e. The molecule has 20 heavy (non-hydrogen) atoms. The third kappa shape index (κ3) is 3.24. The number of carbonyl (C=O) groups is 1. The second-order valence-electron chi connectivity index (χ2n) is 4.15. The van der Waals surface area contributed by atoms with Gasteiger partial charge in [-0.1, -0.05) is 24.6 Å². The number of halogens is 1. The predicted molar refractivity (Wildman–Crippen MR) is 77.1 cm³/mol. The summed E-state index contributed by atoms with van der Waals surface area (Å²) in [4.78, 5) is 19.2. The van der Waals surface area contributed by atoms with Crippen molar-refractivity contribution in [3.05, 3.63) is 52.4 Å². The number of aromatic carboxylic acids is 1. The molecule has 2 aromatic rings. The van der Waals surface area contributed by atoms with Crippen molar-refractivity contribution in [2.45, 2.75) is 19.9 Å². The van der Waals surface area contributed by atoms with Gasteiger partial charge in [-0.2, -0.15) is 0 Å². The van der Waals surface area contributed by atoms with Crippen molar-refractivity contribution in [3.8, 4) is 0 Å². The maximum atomic E-state index is 11.0. The summed E-state index contributed by atoms with van der Waals surface area (Å²) in [5.74, 6) is -0.690. The Morgan fingerprint density at radius 3 is 2.90 bits per heavy atom. The Morgan fingerprint density at radius 2 is 2.20 bits per heavy atom. The normalized spacial score (nSPS) is 10.3. The minimum absolute atomic E-state index is 0.120. The largest absolute Gasteiger partial charge is 0.476 e. The van der Waals surface area contributed by atoms with Crippen LogP contribution in [0, 0.1) is 0 Å². The zero-order valence-corrected chi connectivity index (χ0v) is 11.7. The monoisotopic (exact) mass is 291 g/mol. The molecule has 0 aliphatic heterocycles. The smallest absolute Gasteiger partial charge is 0.356 e. The van der Waals surface area contributed by atoms with Crippen LogP contribution < -0.4 is 5.32 Å². The lowest BCUT2D eigenvalue weighted by molar-refractivity contribution is 0.0691. The van der Waals surface area contributed by atoms with E-state index in [1.165, 1.54) is 6.07 Å². The summed E-state index contributed by atoms with van der Waals surface area (Å²) in [5, 5.41) is 12.2. The van der Waals surface area contributed by atoms with E-state index in [2.05, 4.69) is 22.2 Å². The molecule has 0 aromatic carbocycles. The molecule has 2 rings (SSSR count). The van der Waals surface area contributed by atoms with E-state index in [-0.39, 0.29) is 10.7 Å². The topological polar surface area (TPSA) is 75.1 Å². The predicted octanol–water partition coefficient (Wildman–Crippen LogP) is 3.00. The maximum absolute atomic E-state index is 11.0. The molecule has 0 fully saturated rings. The van der Waals surface area contributed by atoms with Crippen molar-refractivity contribution in [2.24, 2.45) is 0 Å². The standard InChI is InChI=1S/C14H14ClN3O2/c1-2-9-4-3-7-16-11(9)8-17-12-6-5-10(15)13(18-12)14(19)20/h3-7H,2,8H2,1H3,(H,17,18)(H,19,20). The van der Waals surface area contributed by atoms with Gasteiger partial charge in [-0.3, -0.25) is 4.98 Å². The van der Waals surface area contributed by atoms with Crippen molar-refractivity contribution in [1.29, 1.82) is 0 Å². The number of rotatable bonds is 5. The van der Waals surface area contributed by atoms with Crippen LogP contribution in [0.15, 0.2) is 30.5 Å². The van der Waals surface area contributed by atoms with E-state index in [0.29, 0.717) is 12.4 Å². The molecule has 0 unspecified atom stereocenters. The molecule has 2 N–H and O–H groups in total. The molecule has 104 valence electrons. The summed E-state index contributed by atoms with van der Waals surface area (Å²) in [6, 6.07) is 7.07. The Hall–Kier alpha value is -2.14. The molecule has 0 radical (unpaired) electrons. The number of anilines is 1. The van der Waals surface area contributed by atoms with E-state index in [1.807, 2.05) is 12.1 Å². The Morgan fingerprint density at radius 1 is 1.40 bits per heavy atom. The zero-order chi connectivity index (χ0) is 14.5. The fourth-order valence-corrected chi connectivity index (χ4v) is 2.00. The minimum atomic E-state index is -1.15. The molecular weight excluding hydrogens is 278 g/mol. The van der Waals surface area contributed by atoms with Gasteiger partial charge in [0.25, 0.3) is 0 Å². The average Bonchev–Trinajstić information content (AvgIpc) is 2.46. The fourth-order valence-electron chi connectivity index (χ4n) is 1.82. The van der Waals surface area contributed by atoms with Gasteiger partial charge in [0.05, 0.1) is 17.3 Å². The highest BCUT2D eigenvalue weighted by atomic mass is 35.5. The number of aromatic nitrogens is 2. The summed E-state index contributed by atoms with van der Waals surface area (Å²) in [6.07, 6.45) is 2.62. The van der Waals surface area contributed by atoms with Crippen molar-refractivity contribution >= 4 is 23.4 Å². The SMILES string of the molecule is CCc1cccnc1CNc1ccc(Cl)c(C(=O)O)n1. The van der Waals surface area contributed by atoms with E-state index in [9.17, 15) is 4.79 Å². The van der Waals surface area contributed by atoms with Crippen LogP contribution in [0.1, 0.15) is 28.7 Å². The average molecular weight is 292 g/mol. The number of aryl methyl sites for hydroxylation is 1. The lowest BCUT2D eigenvalue weighted by Gasteiger charge is -2.09. The molecule has 0 aliphatic carbocycles. The highest BCUT2D eigenvalue weighted by Crippen LogP contribution is 2.17. The van der Waals surface area contributed by atoms with Crippen molar-refractivity contribution < 1.29 is 9.90 Å². The quantitative estimate of drug-likeness (QED) is 0.886. The molecule has 0 saturated carbocycles. The Kier molecular flexibility index (Phi) is 4.53. The summed E-state index contributed by atoms with van der Waals surface area (Å²) < 4.78 is 0. The number of carboxylic acid groups (broad SMARTS) is 1. The molecule has 0 spiro atoms. The van der Waals surface area contributed by atoms with E-state index < -0.39 is 5.97 Å². The molecule has 5 nitrogen and oxygen atoms in total.